The van der Waals surface area contributed by atoms with Crippen molar-refractivity contribution in [2.75, 3.05) is 6.54 Å². The second-order valence-corrected chi connectivity index (χ2v) is 5.60. The number of carbonyl (C=O) groups excluding carboxylic acids is 1. The van der Waals surface area contributed by atoms with Gasteiger partial charge in [0, 0.05) is 18.9 Å². The highest BCUT2D eigenvalue weighted by Gasteiger charge is 2.28. The fraction of sp³-hybridized carbons (Fsp3) is 0.353. The van der Waals surface area contributed by atoms with Crippen LogP contribution in [-0.4, -0.2) is 33.2 Å². The molecule has 1 fully saturated rings. The van der Waals surface area contributed by atoms with Crippen molar-refractivity contribution in [2.45, 2.75) is 31.8 Å². The lowest BCUT2D eigenvalue weighted by molar-refractivity contribution is -0.131. The largest absolute Gasteiger partial charge is 0.338 e. The zero-order valence-electron chi connectivity index (χ0n) is 12.4. The molecule has 22 heavy (non-hydrogen) atoms. The topological polar surface area (TPSA) is 61.9 Å². The predicted octanol–water partition coefficient (Wildman–Crippen LogP) is 1.99. The molecule has 1 unspecified atom stereocenters. The number of nitriles is 1. The summed E-state index contributed by atoms with van der Waals surface area (Å²) in [6.45, 7) is 1.58. The number of aromatic nitrogens is 2. The molecule has 5 nitrogen and oxygen atoms in total. The van der Waals surface area contributed by atoms with Crippen LogP contribution in [0, 0.1) is 11.3 Å². The van der Waals surface area contributed by atoms with Crippen molar-refractivity contribution in [1.29, 1.82) is 5.26 Å². The van der Waals surface area contributed by atoms with E-state index in [1.54, 1.807) is 18.3 Å². The van der Waals surface area contributed by atoms with Crippen LogP contribution in [0.25, 0.3) is 0 Å². The second-order valence-electron chi connectivity index (χ2n) is 5.60. The maximum absolute atomic E-state index is 12.5. The Morgan fingerprint density at radius 1 is 1.36 bits per heavy atom. The molecule has 1 aromatic carbocycles. The molecule has 1 aliphatic heterocycles. The Hall–Kier alpha value is -2.61. The third kappa shape index (κ3) is 3.17. The van der Waals surface area contributed by atoms with Gasteiger partial charge in [0.05, 0.1) is 30.6 Å². The summed E-state index contributed by atoms with van der Waals surface area (Å²) in [5.74, 6) is 0.152. The van der Waals surface area contributed by atoms with Crippen molar-refractivity contribution >= 4 is 5.91 Å². The van der Waals surface area contributed by atoms with Crippen LogP contribution in [-0.2, 0) is 17.8 Å². The van der Waals surface area contributed by atoms with Crippen molar-refractivity contribution in [3.8, 4) is 6.07 Å². The van der Waals surface area contributed by atoms with Crippen LogP contribution in [0.5, 0.6) is 0 Å². The van der Waals surface area contributed by atoms with Gasteiger partial charge < -0.3 is 4.90 Å². The molecule has 2 heterocycles. The smallest absolute Gasteiger partial charge is 0.227 e. The van der Waals surface area contributed by atoms with Gasteiger partial charge in [-0.1, -0.05) is 12.1 Å². The summed E-state index contributed by atoms with van der Waals surface area (Å²) < 4.78 is 1.89. The van der Waals surface area contributed by atoms with Crippen LogP contribution in [0.15, 0.2) is 42.7 Å². The first-order chi connectivity index (χ1) is 10.8. The zero-order valence-corrected chi connectivity index (χ0v) is 12.4. The average Bonchev–Trinajstić information content (AvgIpc) is 3.20. The summed E-state index contributed by atoms with van der Waals surface area (Å²) in [6.07, 6.45) is 6.16. The molecule has 2 aromatic rings. The van der Waals surface area contributed by atoms with Gasteiger partial charge in [0.25, 0.3) is 0 Å². The molecule has 1 atom stereocenters. The molecule has 5 heteroatoms. The van der Waals surface area contributed by atoms with Gasteiger partial charge >= 0.3 is 0 Å². The fourth-order valence-corrected chi connectivity index (χ4v) is 2.95. The minimum absolute atomic E-state index is 0.152. The van der Waals surface area contributed by atoms with Gasteiger partial charge in [-0.3, -0.25) is 9.48 Å². The standard InChI is InChI=1S/C17H18N4O/c18-12-15-6-4-14(5-7-15)11-17(22)21-10-1-3-16(21)13-20-9-2-8-19-20/h2,4-9,16H,1,3,10-11,13H2. The van der Waals surface area contributed by atoms with Crippen LogP contribution in [0.4, 0.5) is 0 Å². The lowest BCUT2D eigenvalue weighted by Crippen LogP contribution is -2.39. The number of likely N-dealkylation sites (tertiary alicyclic amines) is 1. The first-order valence-corrected chi connectivity index (χ1v) is 7.52. The third-order valence-electron chi connectivity index (χ3n) is 4.09. The van der Waals surface area contributed by atoms with Crippen molar-refractivity contribution < 1.29 is 4.79 Å². The minimum Gasteiger partial charge on any atom is -0.338 e. The van der Waals surface area contributed by atoms with Crippen molar-refractivity contribution in [1.82, 2.24) is 14.7 Å². The molecule has 0 spiro atoms. The first kappa shape index (κ1) is 14.3. The predicted molar refractivity (Wildman–Crippen MR) is 81.8 cm³/mol. The van der Waals surface area contributed by atoms with Crippen LogP contribution in [0.1, 0.15) is 24.0 Å². The Balaban J connectivity index is 1.64. The van der Waals surface area contributed by atoms with E-state index in [-0.39, 0.29) is 11.9 Å². The van der Waals surface area contributed by atoms with Gasteiger partial charge in [-0.25, -0.2) is 0 Å². The van der Waals surface area contributed by atoms with Crippen molar-refractivity contribution in [2.24, 2.45) is 0 Å². The summed E-state index contributed by atoms with van der Waals surface area (Å²) >= 11 is 0. The minimum atomic E-state index is 0.152. The fourth-order valence-electron chi connectivity index (χ4n) is 2.95. The quantitative estimate of drug-likeness (QED) is 0.866. The van der Waals surface area contributed by atoms with E-state index in [1.807, 2.05) is 34.0 Å². The number of amides is 1. The van der Waals surface area contributed by atoms with Gasteiger partial charge in [0.1, 0.15) is 0 Å². The van der Waals surface area contributed by atoms with Crippen LogP contribution in [0.2, 0.25) is 0 Å². The lowest BCUT2D eigenvalue weighted by atomic mass is 10.1. The Labute approximate surface area is 129 Å². The van der Waals surface area contributed by atoms with Gasteiger partial charge in [0.2, 0.25) is 5.91 Å². The Morgan fingerprint density at radius 2 is 2.18 bits per heavy atom. The monoisotopic (exact) mass is 294 g/mol. The van der Waals surface area contributed by atoms with E-state index in [4.69, 9.17) is 5.26 Å². The summed E-state index contributed by atoms with van der Waals surface area (Å²) in [7, 11) is 0. The van der Waals surface area contributed by atoms with E-state index in [9.17, 15) is 4.79 Å². The third-order valence-corrected chi connectivity index (χ3v) is 4.09. The van der Waals surface area contributed by atoms with E-state index in [2.05, 4.69) is 11.2 Å². The number of carbonyl (C=O) groups is 1. The molecule has 0 radical (unpaired) electrons. The Morgan fingerprint density at radius 3 is 2.86 bits per heavy atom. The summed E-state index contributed by atoms with van der Waals surface area (Å²) in [5.41, 5.74) is 1.57. The Bertz CT molecular complexity index is 670. The highest BCUT2D eigenvalue weighted by molar-refractivity contribution is 5.79. The molecule has 0 bridgehead atoms. The maximum Gasteiger partial charge on any atom is 0.227 e. The molecular weight excluding hydrogens is 276 g/mol. The van der Waals surface area contributed by atoms with Gasteiger partial charge in [-0.2, -0.15) is 10.4 Å². The molecule has 112 valence electrons. The average molecular weight is 294 g/mol. The summed E-state index contributed by atoms with van der Waals surface area (Å²) in [4.78, 5) is 14.5. The Kier molecular flexibility index (Phi) is 4.19. The number of nitrogens with zero attached hydrogens (tertiary/aromatic N) is 4. The maximum atomic E-state index is 12.5. The van der Waals surface area contributed by atoms with E-state index in [1.165, 1.54) is 0 Å². The molecule has 1 amide bonds. The number of benzene rings is 1. The van der Waals surface area contributed by atoms with E-state index < -0.39 is 0 Å². The molecule has 3 rings (SSSR count). The SMILES string of the molecule is N#Cc1ccc(CC(=O)N2CCCC2Cn2cccn2)cc1. The number of hydrogen-bond acceptors (Lipinski definition) is 3. The molecule has 0 saturated carbocycles. The number of hydrogen-bond donors (Lipinski definition) is 0. The van der Waals surface area contributed by atoms with Crippen LogP contribution < -0.4 is 0 Å². The molecule has 0 aliphatic carbocycles. The summed E-state index contributed by atoms with van der Waals surface area (Å²) in [5, 5.41) is 13.0. The van der Waals surface area contributed by atoms with E-state index >= 15 is 0 Å². The van der Waals surface area contributed by atoms with Crippen LogP contribution in [0.3, 0.4) is 0 Å². The molecule has 1 aliphatic rings. The second kappa shape index (κ2) is 6.44. The normalized spacial score (nSPS) is 17.4. The highest BCUT2D eigenvalue weighted by atomic mass is 16.2. The summed E-state index contributed by atoms with van der Waals surface area (Å²) in [6, 6.07) is 11.4. The lowest BCUT2D eigenvalue weighted by Gasteiger charge is -2.24. The molecular formula is C17H18N4O. The number of rotatable bonds is 4. The highest BCUT2D eigenvalue weighted by Crippen LogP contribution is 2.20. The van der Waals surface area contributed by atoms with Crippen molar-refractivity contribution in [3.63, 3.8) is 0 Å². The van der Waals surface area contributed by atoms with Gasteiger partial charge in [-0.05, 0) is 36.6 Å². The van der Waals surface area contributed by atoms with E-state index in [0.29, 0.717) is 12.0 Å². The van der Waals surface area contributed by atoms with Gasteiger partial charge in [-0.15, -0.1) is 0 Å². The zero-order chi connectivity index (χ0) is 15.4. The molecule has 1 aromatic heterocycles. The van der Waals surface area contributed by atoms with Crippen molar-refractivity contribution in [3.05, 3.63) is 53.9 Å². The molecule has 0 N–H and O–H groups in total. The molecule has 1 saturated heterocycles. The van der Waals surface area contributed by atoms with Crippen LogP contribution >= 0.6 is 0 Å². The van der Waals surface area contributed by atoms with Gasteiger partial charge in [0.15, 0.2) is 0 Å². The van der Waals surface area contributed by atoms with E-state index in [0.717, 1.165) is 31.5 Å². The first-order valence-electron chi connectivity index (χ1n) is 7.52.